The second kappa shape index (κ2) is 8.84. The van der Waals surface area contributed by atoms with Crippen LogP contribution in [0.1, 0.15) is 21.6 Å². The fraction of sp³-hybridized carbons (Fsp3) is 0.0833. The third kappa shape index (κ3) is 4.36. The van der Waals surface area contributed by atoms with E-state index >= 15 is 0 Å². The molecule has 0 saturated heterocycles. The smallest absolute Gasteiger partial charge is 0.244 e. The van der Waals surface area contributed by atoms with Crippen molar-refractivity contribution in [3.8, 4) is 0 Å². The van der Waals surface area contributed by atoms with E-state index in [0.29, 0.717) is 11.3 Å². The minimum atomic E-state index is -0.564. The van der Waals surface area contributed by atoms with Crippen LogP contribution >= 0.6 is 15.9 Å². The van der Waals surface area contributed by atoms with Crippen LogP contribution < -0.4 is 10.7 Å². The number of aromatic nitrogens is 2. The van der Waals surface area contributed by atoms with Crippen molar-refractivity contribution < 1.29 is 14.0 Å². The van der Waals surface area contributed by atoms with E-state index in [2.05, 4.69) is 26.2 Å². The average Bonchev–Trinajstić information content (AvgIpc) is 2.77. The van der Waals surface area contributed by atoms with Crippen LogP contribution in [0.25, 0.3) is 11.0 Å². The van der Waals surface area contributed by atoms with E-state index in [1.54, 1.807) is 49.4 Å². The second-order valence-corrected chi connectivity index (χ2v) is 8.10. The molecule has 0 saturated carbocycles. The number of hydrogen-bond donors (Lipinski definition) is 1. The lowest BCUT2D eigenvalue weighted by molar-refractivity contribution is -0.116. The van der Waals surface area contributed by atoms with Gasteiger partial charge in [0.25, 0.3) is 0 Å². The van der Waals surface area contributed by atoms with Gasteiger partial charge in [0.2, 0.25) is 11.3 Å². The van der Waals surface area contributed by atoms with Crippen LogP contribution in [0.2, 0.25) is 0 Å². The van der Waals surface area contributed by atoms with Crippen LogP contribution in [-0.4, -0.2) is 21.2 Å². The Labute approximate surface area is 190 Å². The lowest BCUT2D eigenvalue weighted by Crippen LogP contribution is -2.25. The van der Waals surface area contributed by atoms with Crippen molar-refractivity contribution in [2.24, 2.45) is 0 Å². The Morgan fingerprint density at radius 2 is 1.78 bits per heavy atom. The van der Waals surface area contributed by atoms with Gasteiger partial charge in [-0.1, -0.05) is 28.1 Å². The second-order valence-electron chi connectivity index (χ2n) is 7.19. The van der Waals surface area contributed by atoms with Gasteiger partial charge in [-0.25, -0.2) is 9.37 Å². The lowest BCUT2D eigenvalue weighted by atomic mass is 10.0. The summed E-state index contributed by atoms with van der Waals surface area (Å²) in [5.41, 5.74) is 0.749. The first kappa shape index (κ1) is 21.6. The first-order valence-electron chi connectivity index (χ1n) is 9.69. The molecule has 1 amide bonds. The average molecular weight is 494 g/mol. The number of pyridine rings is 2. The molecule has 2 heterocycles. The number of aryl methyl sites for hydroxylation is 1. The Morgan fingerprint density at radius 1 is 1.06 bits per heavy atom. The van der Waals surface area contributed by atoms with Gasteiger partial charge in [0, 0.05) is 21.9 Å². The number of amides is 1. The maximum absolute atomic E-state index is 13.9. The van der Waals surface area contributed by atoms with Crippen LogP contribution in [0.4, 0.5) is 10.1 Å². The number of benzene rings is 2. The number of anilines is 1. The highest BCUT2D eigenvalue weighted by Gasteiger charge is 2.19. The Bertz CT molecular complexity index is 1410. The number of ketones is 1. The summed E-state index contributed by atoms with van der Waals surface area (Å²) in [5.74, 6) is -1.55. The van der Waals surface area contributed by atoms with Gasteiger partial charge in [0.05, 0.1) is 16.6 Å². The summed E-state index contributed by atoms with van der Waals surface area (Å²) < 4.78 is 16.1. The Kier molecular flexibility index (Phi) is 5.96. The van der Waals surface area contributed by atoms with Crippen molar-refractivity contribution in [3.05, 3.63) is 104 Å². The summed E-state index contributed by atoms with van der Waals surface area (Å²) in [6.07, 6.45) is 1.34. The van der Waals surface area contributed by atoms with E-state index in [-0.39, 0.29) is 28.8 Å². The molecule has 0 atom stereocenters. The third-order valence-corrected chi connectivity index (χ3v) is 5.40. The topological polar surface area (TPSA) is 81.1 Å². The Hall–Kier alpha value is -3.65. The standard InChI is InChI=1S/C24H17BrFN3O3/c1-14-6-11-17-23(32)18(22(31)15-7-9-16(25)10-8-15)12-29(24(17)27-14)13-21(30)28-20-5-3-2-4-19(20)26/h2-12H,13H2,1H3,(H,28,30). The highest BCUT2D eigenvalue weighted by molar-refractivity contribution is 9.10. The highest BCUT2D eigenvalue weighted by atomic mass is 79.9. The molecule has 6 nitrogen and oxygen atoms in total. The molecule has 0 bridgehead atoms. The Morgan fingerprint density at radius 3 is 2.50 bits per heavy atom. The van der Waals surface area contributed by atoms with E-state index in [0.717, 1.165) is 4.47 Å². The number of halogens is 2. The number of rotatable bonds is 5. The molecule has 0 radical (unpaired) electrons. The van der Waals surface area contributed by atoms with Crippen molar-refractivity contribution in [3.63, 3.8) is 0 Å². The number of nitrogens with zero attached hydrogens (tertiary/aromatic N) is 2. The van der Waals surface area contributed by atoms with Crippen molar-refractivity contribution in [2.45, 2.75) is 13.5 Å². The molecule has 0 aliphatic heterocycles. The molecule has 160 valence electrons. The van der Waals surface area contributed by atoms with Gasteiger partial charge in [0.1, 0.15) is 18.0 Å². The maximum Gasteiger partial charge on any atom is 0.244 e. The van der Waals surface area contributed by atoms with Crippen molar-refractivity contribution in [1.82, 2.24) is 9.55 Å². The van der Waals surface area contributed by atoms with Crippen LogP contribution in [0.15, 0.2) is 76.1 Å². The summed E-state index contributed by atoms with van der Waals surface area (Å²) in [6.45, 7) is 1.50. The fourth-order valence-electron chi connectivity index (χ4n) is 3.31. The minimum absolute atomic E-state index is 0.0400. The zero-order valence-corrected chi connectivity index (χ0v) is 18.5. The molecule has 4 rings (SSSR count). The van der Waals surface area contributed by atoms with Crippen LogP contribution in [-0.2, 0) is 11.3 Å². The predicted octanol–water partition coefficient (Wildman–Crippen LogP) is 4.48. The molecule has 0 aliphatic carbocycles. The molecular formula is C24H17BrFN3O3. The van der Waals surface area contributed by atoms with Crippen LogP contribution in [0, 0.1) is 12.7 Å². The quantitative estimate of drug-likeness (QED) is 0.415. The van der Waals surface area contributed by atoms with Gasteiger partial charge < -0.3 is 9.88 Å². The summed E-state index contributed by atoms with van der Waals surface area (Å²) >= 11 is 3.32. The SMILES string of the molecule is Cc1ccc2c(=O)c(C(=O)c3ccc(Br)cc3)cn(CC(=O)Nc3ccccc3F)c2n1. The number of fused-ring (bicyclic) bond motifs is 1. The summed E-state index contributed by atoms with van der Waals surface area (Å²) in [6, 6.07) is 15.7. The number of carbonyl (C=O) groups is 2. The van der Waals surface area contributed by atoms with E-state index < -0.39 is 22.9 Å². The molecule has 4 aromatic rings. The van der Waals surface area contributed by atoms with Gasteiger partial charge in [-0.3, -0.25) is 14.4 Å². The molecule has 2 aromatic heterocycles. The largest absolute Gasteiger partial charge is 0.322 e. The number of nitrogens with one attached hydrogen (secondary N) is 1. The molecule has 8 heteroatoms. The van der Waals surface area contributed by atoms with Crippen molar-refractivity contribution in [2.75, 3.05) is 5.32 Å². The molecule has 2 aromatic carbocycles. The van der Waals surface area contributed by atoms with Crippen molar-refractivity contribution >= 4 is 44.3 Å². The first-order chi connectivity index (χ1) is 15.3. The molecule has 32 heavy (non-hydrogen) atoms. The van der Waals surface area contributed by atoms with E-state index in [4.69, 9.17) is 0 Å². The lowest BCUT2D eigenvalue weighted by Gasteiger charge is -2.13. The van der Waals surface area contributed by atoms with Gasteiger partial charge in [0.15, 0.2) is 5.78 Å². The van der Waals surface area contributed by atoms with Gasteiger partial charge in [-0.05, 0) is 55.5 Å². The summed E-state index contributed by atoms with van der Waals surface area (Å²) in [5, 5.41) is 2.73. The molecular weight excluding hydrogens is 477 g/mol. The minimum Gasteiger partial charge on any atom is -0.322 e. The molecule has 0 unspecified atom stereocenters. The number of hydrogen-bond acceptors (Lipinski definition) is 4. The molecule has 0 spiro atoms. The van der Waals surface area contributed by atoms with Crippen LogP contribution in [0.3, 0.4) is 0 Å². The predicted molar refractivity (Wildman–Crippen MR) is 123 cm³/mol. The number of carbonyl (C=O) groups excluding carboxylic acids is 2. The van der Waals surface area contributed by atoms with Gasteiger partial charge in [-0.15, -0.1) is 0 Å². The zero-order chi connectivity index (χ0) is 22.8. The first-order valence-corrected chi connectivity index (χ1v) is 10.5. The summed E-state index contributed by atoms with van der Waals surface area (Å²) in [7, 11) is 0. The van der Waals surface area contributed by atoms with E-state index in [1.807, 2.05) is 0 Å². The third-order valence-electron chi connectivity index (χ3n) is 4.87. The zero-order valence-electron chi connectivity index (χ0n) is 16.9. The Balaban J connectivity index is 1.78. The van der Waals surface area contributed by atoms with Crippen molar-refractivity contribution in [1.29, 1.82) is 0 Å². The summed E-state index contributed by atoms with van der Waals surface area (Å²) in [4.78, 5) is 43.2. The number of para-hydroxylation sites is 1. The molecule has 1 N–H and O–H groups in total. The molecule has 0 fully saturated rings. The van der Waals surface area contributed by atoms with Crippen LogP contribution in [0.5, 0.6) is 0 Å². The fourth-order valence-corrected chi connectivity index (χ4v) is 3.57. The van der Waals surface area contributed by atoms with Gasteiger partial charge in [-0.2, -0.15) is 0 Å². The molecule has 0 aliphatic rings. The normalized spacial score (nSPS) is 10.8. The van der Waals surface area contributed by atoms with E-state index in [1.165, 1.54) is 29.0 Å². The monoisotopic (exact) mass is 493 g/mol. The highest BCUT2D eigenvalue weighted by Crippen LogP contribution is 2.17. The van der Waals surface area contributed by atoms with Gasteiger partial charge >= 0.3 is 0 Å². The van der Waals surface area contributed by atoms with E-state index in [9.17, 15) is 18.8 Å². The maximum atomic E-state index is 13.9.